The van der Waals surface area contributed by atoms with Crippen LogP contribution in [-0.4, -0.2) is 49.7 Å². The second kappa shape index (κ2) is 8.02. The Kier molecular flexibility index (Phi) is 7.02. The van der Waals surface area contributed by atoms with Gasteiger partial charge in [0.2, 0.25) is 0 Å². The predicted molar refractivity (Wildman–Crippen MR) is 63.3 cm³/mol. The maximum absolute atomic E-state index is 5.42. The summed E-state index contributed by atoms with van der Waals surface area (Å²) in [6.45, 7) is 4.07. The summed E-state index contributed by atoms with van der Waals surface area (Å²) in [5.41, 5.74) is 1.20. The SMILES string of the molecule is CCO[C](=[Cr])/C=C(\CCC1OCCO1)N(C)C. The number of nitrogens with zero attached hydrogens (tertiary/aromatic N) is 1. The molecule has 0 aliphatic carbocycles. The van der Waals surface area contributed by atoms with Gasteiger partial charge in [0, 0.05) is 0 Å². The van der Waals surface area contributed by atoms with Crippen LogP contribution in [0.15, 0.2) is 11.8 Å². The minimum atomic E-state index is -0.0465. The molecule has 5 heteroatoms. The fourth-order valence-electron chi connectivity index (χ4n) is 1.58. The summed E-state index contributed by atoms with van der Waals surface area (Å²) in [5, 5.41) is 0. The van der Waals surface area contributed by atoms with E-state index in [-0.39, 0.29) is 6.29 Å². The van der Waals surface area contributed by atoms with Crippen LogP contribution in [0.5, 0.6) is 0 Å². The third kappa shape index (κ3) is 5.80. The van der Waals surface area contributed by atoms with Crippen LogP contribution in [0.3, 0.4) is 0 Å². The van der Waals surface area contributed by atoms with Gasteiger partial charge in [0.15, 0.2) is 0 Å². The zero-order valence-electron chi connectivity index (χ0n) is 10.8. The molecule has 0 unspecified atom stereocenters. The number of hydrogen-bond donors (Lipinski definition) is 0. The van der Waals surface area contributed by atoms with Gasteiger partial charge in [-0.3, -0.25) is 0 Å². The van der Waals surface area contributed by atoms with Gasteiger partial charge in [-0.2, -0.15) is 0 Å². The zero-order chi connectivity index (χ0) is 12.7. The molecule has 0 amide bonds. The Balaban J connectivity index is 2.44. The van der Waals surface area contributed by atoms with Crippen molar-refractivity contribution in [1.82, 2.24) is 4.90 Å². The van der Waals surface area contributed by atoms with Crippen molar-refractivity contribution in [3.8, 4) is 0 Å². The Morgan fingerprint density at radius 1 is 1.41 bits per heavy atom. The van der Waals surface area contributed by atoms with Gasteiger partial charge in [0.1, 0.15) is 0 Å². The van der Waals surface area contributed by atoms with Gasteiger partial charge < -0.3 is 0 Å². The van der Waals surface area contributed by atoms with Crippen molar-refractivity contribution in [2.24, 2.45) is 0 Å². The van der Waals surface area contributed by atoms with E-state index in [2.05, 4.69) is 20.8 Å². The number of allylic oxidation sites excluding steroid dienone is 1. The molecule has 0 saturated carbocycles. The van der Waals surface area contributed by atoms with Crippen molar-refractivity contribution in [2.75, 3.05) is 33.9 Å². The van der Waals surface area contributed by atoms with E-state index in [1.807, 2.05) is 27.1 Å². The van der Waals surface area contributed by atoms with Crippen LogP contribution in [0.2, 0.25) is 0 Å². The second-order valence-corrected chi connectivity index (χ2v) is 4.62. The topological polar surface area (TPSA) is 30.9 Å². The molecule has 0 aromatic carbocycles. The second-order valence-electron chi connectivity index (χ2n) is 3.99. The first-order valence-corrected chi connectivity index (χ1v) is 6.55. The van der Waals surface area contributed by atoms with Gasteiger partial charge in [-0.15, -0.1) is 0 Å². The van der Waals surface area contributed by atoms with Crippen LogP contribution >= 0.6 is 0 Å². The molecule has 1 rings (SSSR count). The minimum absolute atomic E-state index is 0.0465. The number of ether oxygens (including phenoxy) is 3. The van der Waals surface area contributed by atoms with Crippen molar-refractivity contribution in [3.63, 3.8) is 0 Å². The molecule has 98 valence electrons. The first kappa shape index (κ1) is 14.9. The van der Waals surface area contributed by atoms with Crippen LogP contribution in [-0.2, 0) is 30.1 Å². The molecular formula is C12H21CrNO3. The molecule has 0 bridgehead atoms. The Bertz CT molecular complexity index is 273. The summed E-state index contributed by atoms with van der Waals surface area (Å²) in [7, 11) is 4.06. The average molecular weight is 279 g/mol. The molecule has 0 aromatic heterocycles. The van der Waals surface area contributed by atoms with E-state index in [1.54, 1.807) is 0 Å². The van der Waals surface area contributed by atoms with Crippen LogP contribution in [0.4, 0.5) is 0 Å². The van der Waals surface area contributed by atoms with Gasteiger partial charge in [-0.25, -0.2) is 0 Å². The molecule has 0 spiro atoms. The Morgan fingerprint density at radius 3 is 2.59 bits per heavy atom. The molecule has 0 radical (unpaired) electrons. The standard InChI is InChI=1S/C12H21NO3.Cr/c1-4-14-8-7-11(13(2)3)5-6-12-15-9-10-16-12;/h7,12H,4-6,9-10H2,1-3H3;/b11-7+;. The molecule has 0 atom stereocenters. The molecule has 1 heterocycles. The molecule has 4 nitrogen and oxygen atoms in total. The third-order valence-electron chi connectivity index (χ3n) is 2.47. The molecule has 1 saturated heterocycles. The van der Waals surface area contributed by atoms with Gasteiger partial charge in [-0.05, 0) is 0 Å². The molecule has 1 aliphatic heterocycles. The van der Waals surface area contributed by atoms with E-state index >= 15 is 0 Å². The Morgan fingerprint density at radius 2 is 2.06 bits per heavy atom. The van der Waals surface area contributed by atoms with Crippen molar-refractivity contribution in [2.45, 2.75) is 26.1 Å². The van der Waals surface area contributed by atoms with Crippen molar-refractivity contribution >= 4 is 4.57 Å². The fraction of sp³-hybridized carbons (Fsp3) is 0.750. The zero-order valence-corrected chi connectivity index (χ0v) is 12.0. The Hall–Kier alpha value is -0.178. The van der Waals surface area contributed by atoms with Crippen molar-refractivity contribution < 1.29 is 30.1 Å². The van der Waals surface area contributed by atoms with Crippen LogP contribution < -0.4 is 0 Å². The van der Waals surface area contributed by atoms with E-state index in [4.69, 9.17) is 14.2 Å². The molecule has 17 heavy (non-hydrogen) atoms. The summed E-state index contributed by atoms with van der Waals surface area (Å²) < 4.78 is 17.1. The maximum atomic E-state index is 5.42. The van der Waals surface area contributed by atoms with E-state index in [0.29, 0.717) is 19.8 Å². The van der Waals surface area contributed by atoms with Gasteiger partial charge in [0.05, 0.1) is 0 Å². The molecule has 1 fully saturated rings. The number of rotatable bonds is 7. The van der Waals surface area contributed by atoms with Crippen LogP contribution in [0, 0.1) is 0 Å². The van der Waals surface area contributed by atoms with Gasteiger partial charge in [0.25, 0.3) is 0 Å². The first-order chi connectivity index (χ1) is 8.13. The fourth-order valence-corrected chi connectivity index (χ4v) is 1.98. The van der Waals surface area contributed by atoms with E-state index < -0.39 is 0 Å². The van der Waals surface area contributed by atoms with Crippen molar-refractivity contribution in [3.05, 3.63) is 11.8 Å². The molecule has 0 N–H and O–H groups in total. The summed E-state index contributed by atoms with van der Waals surface area (Å²) >= 11 is 2.92. The quantitative estimate of drug-likeness (QED) is 0.703. The van der Waals surface area contributed by atoms with Crippen LogP contribution in [0.1, 0.15) is 19.8 Å². The molecule has 1 aliphatic rings. The molecular weight excluding hydrogens is 258 g/mol. The average Bonchev–Trinajstić information content (AvgIpc) is 2.77. The summed E-state index contributed by atoms with van der Waals surface area (Å²) in [6, 6.07) is 0. The summed E-state index contributed by atoms with van der Waals surface area (Å²) in [4.78, 5) is 2.09. The van der Waals surface area contributed by atoms with E-state index in [9.17, 15) is 0 Å². The summed E-state index contributed by atoms with van der Waals surface area (Å²) in [6.07, 6.45) is 3.77. The number of hydrogen-bond acceptors (Lipinski definition) is 4. The van der Waals surface area contributed by atoms with Crippen LogP contribution in [0.25, 0.3) is 0 Å². The first-order valence-electron chi connectivity index (χ1n) is 5.91. The Labute approximate surface area is 111 Å². The monoisotopic (exact) mass is 279 g/mol. The van der Waals surface area contributed by atoms with Gasteiger partial charge >= 0.3 is 111 Å². The third-order valence-corrected chi connectivity index (χ3v) is 2.84. The summed E-state index contributed by atoms with van der Waals surface area (Å²) in [5.74, 6) is 0. The van der Waals surface area contributed by atoms with E-state index in [0.717, 1.165) is 17.4 Å². The normalized spacial score (nSPS) is 17.5. The van der Waals surface area contributed by atoms with Crippen molar-refractivity contribution in [1.29, 1.82) is 0 Å². The predicted octanol–water partition coefficient (Wildman–Crippen LogP) is 1.30. The van der Waals surface area contributed by atoms with E-state index in [1.165, 1.54) is 5.70 Å². The van der Waals surface area contributed by atoms with Gasteiger partial charge in [-0.1, -0.05) is 0 Å². The molecule has 0 aromatic rings.